The lowest BCUT2D eigenvalue weighted by atomic mass is 9.44. The van der Waals surface area contributed by atoms with E-state index >= 15 is 0 Å². The molecule has 11 nitrogen and oxygen atoms in total. The lowest BCUT2D eigenvalue weighted by molar-refractivity contribution is -0.309. The summed E-state index contributed by atoms with van der Waals surface area (Å²) in [5, 5.41) is 75.4. The molecule has 7 aliphatic rings. The third kappa shape index (κ3) is 5.71. The molecule has 16 atom stereocenters. The average molecular weight is 758 g/mol. The molecule has 0 amide bonds. The van der Waals surface area contributed by atoms with Gasteiger partial charge in [-0.15, -0.1) is 0 Å². The smallest absolute Gasteiger partial charge is 0.201 e. The highest BCUT2D eigenvalue weighted by Gasteiger charge is 2.64. The van der Waals surface area contributed by atoms with Crippen molar-refractivity contribution in [3.63, 3.8) is 0 Å². The lowest BCUT2D eigenvalue weighted by Crippen LogP contribution is -2.59. The molecule has 54 heavy (non-hydrogen) atoms. The quantitative estimate of drug-likeness (QED) is 0.146. The molecule has 2 bridgehead atoms. The van der Waals surface area contributed by atoms with Crippen LogP contribution in [-0.4, -0.2) is 90.8 Å². The molecule has 1 aromatic rings. The van der Waals surface area contributed by atoms with Crippen molar-refractivity contribution in [3.8, 4) is 11.8 Å². The molecule has 7 N–H and O–H groups in total. The summed E-state index contributed by atoms with van der Waals surface area (Å²) in [6.45, 7) is 11.1. The fraction of sp³-hybridized carbons (Fsp3) is 0.860. The molecule has 3 aliphatic heterocycles. The number of fused-ring (bicyclic) bond motifs is 10. The molecule has 1 aromatic heterocycles. The highest BCUT2D eigenvalue weighted by atomic mass is 16.7. The summed E-state index contributed by atoms with van der Waals surface area (Å²) in [6.07, 6.45) is 10.7. The third-order valence-electron chi connectivity index (χ3n) is 16.7. The van der Waals surface area contributed by atoms with Gasteiger partial charge in [0.1, 0.15) is 35.6 Å². The summed E-state index contributed by atoms with van der Waals surface area (Å²) in [5.74, 6) is 4.95. The Bertz CT molecular complexity index is 1580. The van der Waals surface area contributed by atoms with Crippen LogP contribution in [-0.2, 0) is 25.4 Å². The summed E-state index contributed by atoms with van der Waals surface area (Å²) >= 11 is 0. The molecule has 13 unspecified atom stereocenters. The maximum atomic E-state index is 12.0. The van der Waals surface area contributed by atoms with E-state index in [1.54, 1.807) is 16.7 Å². The molecule has 5 fully saturated rings. The van der Waals surface area contributed by atoms with Gasteiger partial charge in [0, 0.05) is 6.04 Å². The molecule has 304 valence electrons. The Morgan fingerprint density at radius 1 is 0.815 bits per heavy atom. The van der Waals surface area contributed by atoms with Crippen LogP contribution >= 0.6 is 0 Å². The Labute approximate surface area is 320 Å². The van der Waals surface area contributed by atoms with Crippen LogP contribution in [0.2, 0.25) is 0 Å². The van der Waals surface area contributed by atoms with Crippen molar-refractivity contribution in [2.75, 3.05) is 19.8 Å². The molecular formula is C43H67NO10. The molecule has 0 radical (unpaired) electrons. The van der Waals surface area contributed by atoms with Gasteiger partial charge in [0.2, 0.25) is 11.8 Å². The van der Waals surface area contributed by atoms with Crippen LogP contribution in [0.15, 0.2) is 12.2 Å². The Hall–Kier alpha value is -1.70. The van der Waals surface area contributed by atoms with Gasteiger partial charge in [-0.25, -0.2) is 0 Å². The van der Waals surface area contributed by atoms with Crippen molar-refractivity contribution in [3.05, 3.63) is 23.3 Å². The maximum absolute atomic E-state index is 12.0. The van der Waals surface area contributed by atoms with Gasteiger partial charge in [-0.3, -0.25) is 4.57 Å². The molecule has 4 heterocycles. The van der Waals surface area contributed by atoms with E-state index in [1.807, 2.05) is 0 Å². The predicted octanol–water partition coefficient (Wildman–Crippen LogP) is 5.36. The Morgan fingerprint density at radius 3 is 2.20 bits per heavy atom. The second kappa shape index (κ2) is 14.0. The fourth-order valence-corrected chi connectivity index (χ4v) is 13.9. The van der Waals surface area contributed by atoms with Gasteiger partial charge in [0.15, 0.2) is 6.29 Å². The standard InChI is InChI=1S/C43H67NO10/c1-23(2)7-6-8-24(3)28-11-12-29-27-10-9-25-19-26(13-15-40(25,4)30(27)14-16-41(28,29)5)44-37(50)32-33(38(44)51)43(18-17-42(32,21-46)54-43)22-52-39-36(49)35(48)34(47)31(20-45)53-39/h17-18,23-31,34-36,39,45-51H,6-16,19-22H2,1-5H3/t24?,25?,26?,27?,28?,29?,30?,31?,34-,35+,36?,39-,40?,41?,42?,43?/m1/s1. The Balaban J connectivity index is 0.993. The number of aromatic hydroxyl groups is 2. The number of aliphatic hydroxyl groups is 5. The monoisotopic (exact) mass is 757 g/mol. The first-order valence-electron chi connectivity index (χ1n) is 21.2. The first kappa shape index (κ1) is 39.1. The molecule has 4 aliphatic carbocycles. The number of aromatic nitrogens is 1. The minimum absolute atomic E-state index is 0.106. The second-order valence-electron chi connectivity index (χ2n) is 19.8. The van der Waals surface area contributed by atoms with Crippen LogP contribution in [0.4, 0.5) is 0 Å². The van der Waals surface area contributed by atoms with Crippen molar-refractivity contribution < 1.29 is 50.0 Å². The van der Waals surface area contributed by atoms with Crippen molar-refractivity contribution in [1.29, 1.82) is 0 Å². The number of hydrogen-bond acceptors (Lipinski definition) is 10. The second-order valence-corrected chi connectivity index (χ2v) is 19.8. The van der Waals surface area contributed by atoms with E-state index in [4.69, 9.17) is 14.2 Å². The zero-order chi connectivity index (χ0) is 38.5. The van der Waals surface area contributed by atoms with Crippen LogP contribution in [0.3, 0.4) is 0 Å². The van der Waals surface area contributed by atoms with Crippen molar-refractivity contribution >= 4 is 0 Å². The molecule has 4 saturated carbocycles. The van der Waals surface area contributed by atoms with E-state index in [2.05, 4.69) is 34.6 Å². The van der Waals surface area contributed by atoms with E-state index in [9.17, 15) is 35.7 Å². The summed E-state index contributed by atoms with van der Waals surface area (Å²) in [4.78, 5) is 0. The van der Waals surface area contributed by atoms with Crippen molar-refractivity contribution in [2.24, 2.45) is 52.3 Å². The zero-order valence-electron chi connectivity index (χ0n) is 33.1. The average Bonchev–Trinajstić information content (AvgIpc) is 3.86. The van der Waals surface area contributed by atoms with Crippen LogP contribution in [0.25, 0.3) is 0 Å². The Morgan fingerprint density at radius 2 is 1.50 bits per heavy atom. The van der Waals surface area contributed by atoms with Crippen molar-refractivity contribution in [1.82, 2.24) is 4.57 Å². The van der Waals surface area contributed by atoms with Gasteiger partial charge in [-0.2, -0.15) is 0 Å². The molecule has 0 spiro atoms. The first-order valence-corrected chi connectivity index (χ1v) is 21.2. The topological polar surface area (TPSA) is 174 Å². The van der Waals surface area contributed by atoms with Crippen molar-refractivity contribution in [2.45, 2.75) is 160 Å². The van der Waals surface area contributed by atoms with E-state index in [0.29, 0.717) is 28.4 Å². The minimum atomic E-state index is -1.61. The Kier molecular flexibility index (Phi) is 10.1. The highest BCUT2D eigenvalue weighted by Crippen LogP contribution is 2.70. The summed E-state index contributed by atoms with van der Waals surface area (Å²) in [6, 6.07) is -0.125. The lowest BCUT2D eigenvalue weighted by Gasteiger charge is -2.61. The van der Waals surface area contributed by atoms with E-state index in [0.717, 1.165) is 48.9 Å². The van der Waals surface area contributed by atoms with Gasteiger partial charge in [-0.1, -0.05) is 53.9 Å². The number of hydrogen-bond donors (Lipinski definition) is 7. The zero-order valence-corrected chi connectivity index (χ0v) is 33.1. The SMILES string of the molecule is CC(C)CCCC(C)C1CCC2C3CCC4CC(n5c(O)c6c(c5O)C5(CO[C@@H]7OC(CO)[C@@H](O)[C@H](O)C7O)C=CC6(CO)O5)CCC4(C)C3CCC12C. The number of rotatable bonds is 11. The maximum Gasteiger partial charge on any atom is 0.201 e. The third-order valence-corrected chi connectivity index (χ3v) is 16.7. The van der Waals surface area contributed by atoms with Gasteiger partial charge in [0.05, 0.1) is 30.9 Å². The van der Waals surface area contributed by atoms with Crippen LogP contribution < -0.4 is 0 Å². The fourth-order valence-electron chi connectivity index (χ4n) is 13.9. The van der Waals surface area contributed by atoms with Gasteiger partial charge >= 0.3 is 0 Å². The number of nitrogens with zero attached hydrogens (tertiary/aromatic N) is 1. The first-order chi connectivity index (χ1) is 25.6. The molecule has 0 aromatic carbocycles. The minimum Gasteiger partial charge on any atom is -0.494 e. The van der Waals surface area contributed by atoms with E-state index in [1.165, 1.54) is 57.8 Å². The molecule has 1 saturated heterocycles. The largest absolute Gasteiger partial charge is 0.494 e. The summed E-state index contributed by atoms with van der Waals surface area (Å²) in [5.41, 5.74) is -1.49. The summed E-state index contributed by atoms with van der Waals surface area (Å²) < 4.78 is 19.6. The summed E-state index contributed by atoms with van der Waals surface area (Å²) in [7, 11) is 0. The van der Waals surface area contributed by atoms with Crippen LogP contribution in [0.5, 0.6) is 11.8 Å². The van der Waals surface area contributed by atoms with Crippen LogP contribution in [0.1, 0.15) is 129 Å². The van der Waals surface area contributed by atoms with Gasteiger partial charge < -0.3 is 50.0 Å². The number of ether oxygens (including phenoxy) is 3. The predicted molar refractivity (Wildman–Crippen MR) is 200 cm³/mol. The highest BCUT2D eigenvalue weighted by molar-refractivity contribution is 5.62. The van der Waals surface area contributed by atoms with E-state index in [-0.39, 0.29) is 29.8 Å². The molecule has 11 heteroatoms. The van der Waals surface area contributed by atoms with Gasteiger partial charge in [0.25, 0.3) is 0 Å². The molecule has 8 rings (SSSR count). The molecular weight excluding hydrogens is 690 g/mol. The van der Waals surface area contributed by atoms with E-state index < -0.39 is 55.1 Å². The number of aliphatic hydroxyl groups excluding tert-OH is 5. The van der Waals surface area contributed by atoms with Crippen LogP contribution in [0, 0.1) is 52.3 Å². The normalized spacial score (nSPS) is 47.1. The van der Waals surface area contributed by atoms with Gasteiger partial charge in [-0.05, 0) is 122 Å².